The first-order valence-corrected chi connectivity index (χ1v) is 8.34. The van der Waals surface area contributed by atoms with Crippen LogP contribution in [0.2, 0.25) is 0 Å². The Labute approximate surface area is 141 Å². The summed E-state index contributed by atoms with van der Waals surface area (Å²) in [6.07, 6.45) is 2.23. The van der Waals surface area contributed by atoms with Gasteiger partial charge in [0, 0.05) is 22.9 Å². The quantitative estimate of drug-likeness (QED) is 0.735. The SMILES string of the molecule is CC1(C)Cc2nc3sc(C(=O)O)c(N)c3c(-c3ccco3)c2CO1. The molecule has 0 bridgehead atoms. The second kappa shape index (κ2) is 5.06. The molecule has 1 aliphatic heterocycles. The van der Waals surface area contributed by atoms with Crippen LogP contribution in [0.3, 0.4) is 0 Å². The Morgan fingerprint density at radius 1 is 1.46 bits per heavy atom. The number of nitrogens with two attached hydrogens (primary N) is 1. The first-order valence-electron chi connectivity index (χ1n) is 7.52. The maximum absolute atomic E-state index is 11.5. The number of furan rings is 1. The fourth-order valence-corrected chi connectivity index (χ4v) is 4.07. The molecule has 0 spiro atoms. The zero-order valence-electron chi connectivity index (χ0n) is 13.3. The van der Waals surface area contributed by atoms with Gasteiger partial charge >= 0.3 is 5.97 Å². The van der Waals surface area contributed by atoms with Crippen LogP contribution in [0.4, 0.5) is 5.69 Å². The predicted molar refractivity (Wildman–Crippen MR) is 91.3 cm³/mol. The summed E-state index contributed by atoms with van der Waals surface area (Å²) in [4.78, 5) is 16.9. The smallest absolute Gasteiger partial charge is 0.348 e. The second-order valence-corrected chi connectivity index (χ2v) is 7.44. The first-order chi connectivity index (χ1) is 11.4. The number of anilines is 1. The van der Waals surface area contributed by atoms with E-state index in [2.05, 4.69) is 0 Å². The van der Waals surface area contributed by atoms with Gasteiger partial charge in [-0.05, 0) is 26.0 Å². The molecule has 4 heterocycles. The number of hydrogen-bond acceptors (Lipinski definition) is 6. The van der Waals surface area contributed by atoms with Gasteiger partial charge in [0.2, 0.25) is 0 Å². The Balaban J connectivity index is 2.10. The van der Waals surface area contributed by atoms with E-state index in [4.69, 9.17) is 19.9 Å². The van der Waals surface area contributed by atoms with Gasteiger partial charge in [0.25, 0.3) is 0 Å². The zero-order chi connectivity index (χ0) is 17.1. The monoisotopic (exact) mass is 344 g/mol. The molecule has 0 fully saturated rings. The molecule has 0 saturated carbocycles. The number of pyridine rings is 1. The summed E-state index contributed by atoms with van der Waals surface area (Å²) >= 11 is 1.10. The average Bonchev–Trinajstić information content (AvgIpc) is 3.12. The number of carbonyl (C=O) groups is 1. The largest absolute Gasteiger partial charge is 0.477 e. The lowest BCUT2D eigenvalue weighted by Gasteiger charge is -2.32. The third-order valence-corrected chi connectivity index (χ3v) is 5.31. The summed E-state index contributed by atoms with van der Waals surface area (Å²) in [5.41, 5.74) is 8.67. The molecule has 0 unspecified atom stereocenters. The van der Waals surface area contributed by atoms with Gasteiger partial charge in [-0.25, -0.2) is 9.78 Å². The Morgan fingerprint density at radius 3 is 2.92 bits per heavy atom. The highest BCUT2D eigenvalue weighted by Gasteiger charge is 2.32. The van der Waals surface area contributed by atoms with Crippen LogP contribution in [0.15, 0.2) is 22.8 Å². The number of fused-ring (bicyclic) bond motifs is 2. The number of carboxylic acid groups (broad SMARTS) is 1. The number of hydrogen-bond donors (Lipinski definition) is 2. The highest BCUT2D eigenvalue weighted by molar-refractivity contribution is 7.21. The van der Waals surface area contributed by atoms with E-state index in [-0.39, 0.29) is 16.2 Å². The molecule has 3 aromatic rings. The van der Waals surface area contributed by atoms with E-state index in [0.29, 0.717) is 29.0 Å². The molecule has 0 amide bonds. The van der Waals surface area contributed by atoms with Crippen molar-refractivity contribution in [2.75, 3.05) is 5.73 Å². The standard InChI is InChI=1S/C17H16N2O4S/c1-17(2)6-9-8(7-23-17)11(10-4-3-5-22-10)12-13(18)14(16(20)21)24-15(12)19-9/h3-5H,6-7,18H2,1-2H3,(H,20,21). The third kappa shape index (κ3) is 2.20. The van der Waals surface area contributed by atoms with Crippen molar-refractivity contribution in [3.05, 3.63) is 34.5 Å². The fraction of sp³-hybridized carbons (Fsp3) is 0.294. The Bertz CT molecular complexity index is 957. The molecule has 0 aromatic carbocycles. The van der Waals surface area contributed by atoms with Gasteiger partial charge in [-0.15, -0.1) is 11.3 Å². The molecule has 0 saturated heterocycles. The van der Waals surface area contributed by atoms with Crippen molar-refractivity contribution < 1.29 is 19.1 Å². The van der Waals surface area contributed by atoms with Crippen molar-refractivity contribution in [3.63, 3.8) is 0 Å². The zero-order valence-corrected chi connectivity index (χ0v) is 14.1. The van der Waals surface area contributed by atoms with Crippen molar-refractivity contribution in [3.8, 4) is 11.3 Å². The summed E-state index contributed by atoms with van der Waals surface area (Å²) < 4.78 is 11.5. The number of nitrogens with zero attached hydrogens (tertiary/aromatic N) is 1. The molecule has 0 aliphatic carbocycles. The van der Waals surface area contributed by atoms with E-state index >= 15 is 0 Å². The van der Waals surface area contributed by atoms with Crippen molar-refractivity contribution >= 4 is 33.2 Å². The van der Waals surface area contributed by atoms with Gasteiger partial charge in [-0.2, -0.15) is 0 Å². The lowest BCUT2D eigenvalue weighted by Crippen LogP contribution is -2.32. The minimum atomic E-state index is -1.05. The number of nitrogen functional groups attached to an aromatic ring is 1. The van der Waals surface area contributed by atoms with Crippen molar-refractivity contribution in [1.82, 2.24) is 4.98 Å². The predicted octanol–water partition coefficient (Wildman–Crippen LogP) is 3.69. The minimum absolute atomic E-state index is 0.104. The normalized spacial score (nSPS) is 16.2. The van der Waals surface area contributed by atoms with Gasteiger partial charge in [0.05, 0.1) is 29.9 Å². The number of aromatic carboxylic acids is 1. The molecule has 4 rings (SSSR count). The topological polar surface area (TPSA) is 98.6 Å². The summed E-state index contributed by atoms with van der Waals surface area (Å²) in [5, 5.41) is 10.0. The van der Waals surface area contributed by atoms with Crippen LogP contribution in [0, 0.1) is 0 Å². The molecule has 3 aromatic heterocycles. The highest BCUT2D eigenvalue weighted by atomic mass is 32.1. The summed E-state index contributed by atoms with van der Waals surface area (Å²) in [5.74, 6) is -0.404. The van der Waals surface area contributed by atoms with Crippen molar-refractivity contribution in [2.45, 2.75) is 32.5 Å². The molecule has 6 nitrogen and oxygen atoms in total. The van der Waals surface area contributed by atoms with Gasteiger partial charge in [-0.1, -0.05) is 0 Å². The van der Waals surface area contributed by atoms with Crippen molar-refractivity contribution in [1.29, 1.82) is 0 Å². The van der Waals surface area contributed by atoms with Gasteiger partial charge in [0.15, 0.2) is 0 Å². The molecule has 0 radical (unpaired) electrons. The van der Waals surface area contributed by atoms with Gasteiger partial charge in [0.1, 0.15) is 15.5 Å². The number of aromatic nitrogens is 1. The van der Waals surface area contributed by atoms with Crippen LogP contribution in [0.1, 0.15) is 34.8 Å². The molecule has 0 atom stereocenters. The lowest BCUT2D eigenvalue weighted by atomic mass is 9.91. The molecule has 24 heavy (non-hydrogen) atoms. The third-order valence-electron chi connectivity index (χ3n) is 4.23. The Morgan fingerprint density at radius 2 is 2.25 bits per heavy atom. The van der Waals surface area contributed by atoms with Crippen LogP contribution in [0.5, 0.6) is 0 Å². The molecule has 1 aliphatic rings. The van der Waals surface area contributed by atoms with Crippen LogP contribution < -0.4 is 5.73 Å². The van der Waals surface area contributed by atoms with Crippen LogP contribution >= 0.6 is 11.3 Å². The Kier molecular flexibility index (Phi) is 3.20. The molecular formula is C17H16N2O4S. The van der Waals surface area contributed by atoms with E-state index in [1.165, 1.54) is 0 Å². The Hall–Kier alpha value is -2.38. The number of rotatable bonds is 2. The number of thiophene rings is 1. The average molecular weight is 344 g/mol. The van der Waals surface area contributed by atoms with E-state index in [9.17, 15) is 9.90 Å². The minimum Gasteiger partial charge on any atom is -0.477 e. The van der Waals surface area contributed by atoms with Gasteiger partial charge < -0.3 is 20.0 Å². The molecule has 124 valence electrons. The molecule has 7 heteroatoms. The number of carboxylic acids is 1. The van der Waals surface area contributed by atoms with E-state index in [1.54, 1.807) is 12.3 Å². The van der Waals surface area contributed by atoms with Crippen LogP contribution in [0.25, 0.3) is 21.5 Å². The first kappa shape index (κ1) is 15.2. The summed E-state index contributed by atoms with van der Waals surface area (Å²) in [6, 6.07) is 3.63. The van der Waals surface area contributed by atoms with Crippen LogP contribution in [-0.2, 0) is 17.8 Å². The summed E-state index contributed by atoms with van der Waals surface area (Å²) in [7, 11) is 0. The van der Waals surface area contributed by atoms with E-state index < -0.39 is 5.97 Å². The maximum atomic E-state index is 11.5. The fourth-order valence-electron chi connectivity index (χ4n) is 3.11. The van der Waals surface area contributed by atoms with E-state index in [1.807, 2.05) is 19.9 Å². The van der Waals surface area contributed by atoms with Crippen LogP contribution in [-0.4, -0.2) is 21.7 Å². The molecular weight excluding hydrogens is 328 g/mol. The second-order valence-electron chi connectivity index (χ2n) is 6.44. The summed E-state index contributed by atoms with van der Waals surface area (Å²) in [6.45, 7) is 4.42. The van der Waals surface area contributed by atoms with E-state index in [0.717, 1.165) is 28.2 Å². The molecule has 3 N–H and O–H groups in total. The number of ether oxygens (including phenoxy) is 1. The lowest BCUT2D eigenvalue weighted by molar-refractivity contribution is -0.0409. The maximum Gasteiger partial charge on any atom is 0.348 e. The highest BCUT2D eigenvalue weighted by Crippen LogP contribution is 2.44. The van der Waals surface area contributed by atoms with Gasteiger partial charge in [-0.3, -0.25) is 0 Å². The van der Waals surface area contributed by atoms with Crippen molar-refractivity contribution in [2.24, 2.45) is 0 Å².